The molecule has 1 saturated heterocycles. The number of ether oxygens (including phenoxy) is 1. The van der Waals surface area contributed by atoms with Crippen LogP contribution in [-0.4, -0.2) is 58.9 Å². The van der Waals surface area contributed by atoms with Gasteiger partial charge in [0.1, 0.15) is 17.0 Å². The van der Waals surface area contributed by atoms with Gasteiger partial charge in [0.2, 0.25) is 0 Å². The maximum Gasteiger partial charge on any atom is 0.274 e. The lowest BCUT2D eigenvalue weighted by Gasteiger charge is -2.34. The summed E-state index contributed by atoms with van der Waals surface area (Å²) >= 11 is 1.69. The molecule has 0 aliphatic carbocycles. The average Bonchev–Trinajstić information content (AvgIpc) is 3.36. The minimum atomic E-state index is 0.00339. The number of hydrogen-bond acceptors (Lipinski definition) is 6. The fraction of sp³-hybridized carbons (Fsp3) is 0.421. The molecule has 3 aromatic rings. The largest absolute Gasteiger partial charge is 0.494 e. The fourth-order valence-electron chi connectivity index (χ4n) is 3.31. The average molecular weight is 385 g/mol. The molecule has 0 unspecified atom stereocenters. The summed E-state index contributed by atoms with van der Waals surface area (Å²) in [6.07, 6.45) is 1.85. The molecular weight excluding hydrogens is 362 g/mol. The number of amides is 1. The first kappa shape index (κ1) is 17.8. The standard InChI is InChI=1S/C19H23N5O2S/c1-4-24-8-7-14(21-24)18(25)22-9-11-23(12-10-22)19-20-16-15(26-3)6-5-13(2)17(16)27-19/h5-8H,4,9-12H2,1-3H3. The van der Waals surface area contributed by atoms with Gasteiger partial charge in [-0.3, -0.25) is 9.48 Å². The van der Waals surface area contributed by atoms with Crippen LogP contribution in [0.4, 0.5) is 5.13 Å². The monoisotopic (exact) mass is 385 g/mol. The molecule has 0 atom stereocenters. The highest BCUT2D eigenvalue weighted by Gasteiger charge is 2.25. The van der Waals surface area contributed by atoms with Gasteiger partial charge >= 0.3 is 0 Å². The summed E-state index contributed by atoms with van der Waals surface area (Å²) in [5.41, 5.74) is 2.64. The summed E-state index contributed by atoms with van der Waals surface area (Å²) in [5.74, 6) is 0.807. The van der Waals surface area contributed by atoms with E-state index < -0.39 is 0 Å². The van der Waals surface area contributed by atoms with Gasteiger partial charge in [0.05, 0.1) is 11.8 Å². The van der Waals surface area contributed by atoms with Crippen molar-refractivity contribution in [3.8, 4) is 5.75 Å². The predicted molar refractivity (Wildman–Crippen MR) is 107 cm³/mol. The first-order chi connectivity index (χ1) is 13.1. The molecule has 2 aromatic heterocycles. The lowest BCUT2D eigenvalue weighted by molar-refractivity contribution is 0.0740. The molecule has 7 nitrogen and oxygen atoms in total. The van der Waals surface area contributed by atoms with Crippen LogP contribution in [0.25, 0.3) is 10.2 Å². The molecule has 0 radical (unpaired) electrons. The molecule has 0 spiro atoms. The van der Waals surface area contributed by atoms with Crippen LogP contribution in [-0.2, 0) is 6.54 Å². The van der Waals surface area contributed by atoms with E-state index >= 15 is 0 Å². The molecule has 0 N–H and O–H groups in total. The van der Waals surface area contributed by atoms with E-state index in [1.807, 2.05) is 24.1 Å². The highest BCUT2D eigenvalue weighted by Crippen LogP contribution is 2.36. The number of carbonyl (C=O) groups excluding carboxylic acids is 1. The Balaban J connectivity index is 1.48. The molecular formula is C19H23N5O2S. The maximum atomic E-state index is 12.6. The summed E-state index contributed by atoms with van der Waals surface area (Å²) in [6.45, 7) is 7.74. The second kappa shape index (κ2) is 7.19. The van der Waals surface area contributed by atoms with Crippen molar-refractivity contribution >= 4 is 32.6 Å². The molecule has 0 saturated carbocycles. The van der Waals surface area contributed by atoms with Crippen LogP contribution in [0.3, 0.4) is 0 Å². The van der Waals surface area contributed by atoms with Crippen molar-refractivity contribution in [3.63, 3.8) is 0 Å². The van der Waals surface area contributed by atoms with Crippen molar-refractivity contribution in [1.82, 2.24) is 19.7 Å². The third kappa shape index (κ3) is 3.25. The van der Waals surface area contributed by atoms with E-state index in [2.05, 4.69) is 23.0 Å². The first-order valence-electron chi connectivity index (χ1n) is 9.12. The summed E-state index contributed by atoms with van der Waals surface area (Å²) in [4.78, 5) is 21.6. The highest BCUT2D eigenvalue weighted by atomic mass is 32.1. The third-order valence-corrected chi connectivity index (χ3v) is 6.18. The first-order valence-corrected chi connectivity index (χ1v) is 9.94. The number of anilines is 1. The second-order valence-electron chi connectivity index (χ2n) is 6.59. The van der Waals surface area contributed by atoms with Crippen LogP contribution in [0.5, 0.6) is 5.75 Å². The van der Waals surface area contributed by atoms with Crippen LogP contribution < -0.4 is 9.64 Å². The Morgan fingerprint density at radius 1 is 1.22 bits per heavy atom. The minimum absolute atomic E-state index is 0.00339. The van der Waals surface area contributed by atoms with Gasteiger partial charge in [-0.2, -0.15) is 5.10 Å². The maximum absolute atomic E-state index is 12.6. The number of fused-ring (bicyclic) bond motifs is 1. The van der Waals surface area contributed by atoms with Gasteiger partial charge in [0, 0.05) is 38.9 Å². The number of piperazine rings is 1. The van der Waals surface area contributed by atoms with E-state index in [0.29, 0.717) is 18.8 Å². The Morgan fingerprint density at radius 2 is 2.00 bits per heavy atom. The minimum Gasteiger partial charge on any atom is -0.494 e. The molecule has 1 amide bonds. The molecule has 1 aromatic carbocycles. The summed E-state index contributed by atoms with van der Waals surface area (Å²) in [7, 11) is 1.67. The topological polar surface area (TPSA) is 63.5 Å². The zero-order valence-electron chi connectivity index (χ0n) is 15.8. The van der Waals surface area contributed by atoms with Crippen LogP contribution >= 0.6 is 11.3 Å². The van der Waals surface area contributed by atoms with Crippen molar-refractivity contribution in [2.75, 3.05) is 38.2 Å². The van der Waals surface area contributed by atoms with E-state index in [1.165, 1.54) is 5.56 Å². The van der Waals surface area contributed by atoms with Gasteiger partial charge in [-0.1, -0.05) is 17.4 Å². The van der Waals surface area contributed by atoms with Gasteiger partial charge in [0.15, 0.2) is 5.13 Å². The van der Waals surface area contributed by atoms with Crippen LogP contribution in [0, 0.1) is 6.92 Å². The number of rotatable bonds is 4. The number of aryl methyl sites for hydroxylation is 2. The Bertz CT molecular complexity index is 972. The van der Waals surface area contributed by atoms with Gasteiger partial charge in [-0.05, 0) is 31.5 Å². The number of aromatic nitrogens is 3. The van der Waals surface area contributed by atoms with Crippen molar-refractivity contribution < 1.29 is 9.53 Å². The van der Waals surface area contributed by atoms with E-state index in [9.17, 15) is 4.79 Å². The smallest absolute Gasteiger partial charge is 0.274 e. The summed E-state index contributed by atoms with van der Waals surface area (Å²) in [6, 6.07) is 5.82. The van der Waals surface area contributed by atoms with E-state index in [4.69, 9.17) is 9.72 Å². The van der Waals surface area contributed by atoms with Gasteiger partial charge < -0.3 is 14.5 Å². The van der Waals surface area contributed by atoms with E-state index in [-0.39, 0.29) is 5.91 Å². The zero-order valence-corrected chi connectivity index (χ0v) is 16.6. The Hall–Kier alpha value is -2.61. The number of carbonyl (C=O) groups is 1. The van der Waals surface area contributed by atoms with Gasteiger partial charge in [0.25, 0.3) is 5.91 Å². The van der Waals surface area contributed by atoms with Crippen molar-refractivity contribution in [2.24, 2.45) is 0 Å². The third-order valence-electron chi connectivity index (χ3n) is 4.93. The second-order valence-corrected chi connectivity index (χ2v) is 7.57. The van der Waals surface area contributed by atoms with Gasteiger partial charge in [-0.25, -0.2) is 4.98 Å². The van der Waals surface area contributed by atoms with Crippen molar-refractivity contribution in [2.45, 2.75) is 20.4 Å². The molecule has 1 aliphatic rings. The Labute approximate surface area is 162 Å². The number of methoxy groups -OCH3 is 1. The SMILES string of the molecule is CCn1ccc(C(=O)N2CCN(c3nc4c(OC)ccc(C)c4s3)CC2)n1. The molecule has 8 heteroatoms. The lowest BCUT2D eigenvalue weighted by atomic mass is 10.2. The molecule has 1 aliphatic heterocycles. The van der Waals surface area contributed by atoms with Crippen LogP contribution in [0.2, 0.25) is 0 Å². The van der Waals surface area contributed by atoms with Crippen LogP contribution in [0.1, 0.15) is 23.0 Å². The molecule has 1 fully saturated rings. The van der Waals surface area contributed by atoms with Crippen molar-refractivity contribution in [1.29, 1.82) is 0 Å². The number of hydrogen-bond donors (Lipinski definition) is 0. The van der Waals surface area contributed by atoms with Crippen molar-refractivity contribution in [3.05, 3.63) is 35.7 Å². The fourth-order valence-corrected chi connectivity index (χ4v) is 4.42. The highest BCUT2D eigenvalue weighted by molar-refractivity contribution is 7.22. The van der Waals surface area contributed by atoms with Crippen LogP contribution in [0.15, 0.2) is 24.4 Å². The normalized spacial score (nSPS) is 14.8. The number of thiazole rings is 1. The Morgan fingerprint density at radius 3 is 2.67 bits per heavy atom. The van der Waals surface area contributed by atoms with Gasteiger partial charge in [-0.15, -0.1) is 0 Å². The lowest BCUT2D eigenvalue weighted by Crippen LogP contribution is -2.48. The molecule has 4 rings (SSSR count). The zero-order chi connectivity index (χ0) is 19.0. The van der Waals surface area contributed by atoms with E-state index in [1.54, 1.807) is 29.2 Å². The summed E-state index contributed by atoms with van der Waals surface area (Å²) < 4.78 is 8.39. The summed E-state index contributed by atoms with van der Waals surface area (Å²) in [5, 5.41) is 5.31. The number of nitrogens with zero attached hydrogens (tertiary/aromatic N) is 5. The number of benzene rings is 1. The quantitative estimate of drug-likeness (QED) is 0.691. The molecule has 0 bridgehead atoms. The van der Waals surface area contributed by atoms with E-state index in [0.717, 1.165) is 40.7 Å². The Kier molecular flexibility index (Phi) is 4.73. The molecule has 142 valence electrons. The molecule has 27 heavy (non-hydrogen) atoms. The predicted octanol–water partition coefficient (Wildman–Crippen LogP) is 2.79. The molecule has 3 heterocycles.